The molecule has 1 N–H and O–H groups in total. The third-order valence-corrected chi connectivity index (χ3v) is 6.26. The Morgan fingerprint density at radius 2 is 1.70 bits per heavy atom. The van der Waals surface area contributed by atoms with E-state index in [2.05, 4.69) is 10.3 Å². The number of fused-ring (bicyclic) bond motifs is 1. The second-order valence-electron chi connectivity index (χ2n) is 7.25. The van der Waals surface area contributed by atoms with E-state index in [0.717, 1.165) is 23.9 Å². The van der Waals surface area contributed by atoms with Gasteiger partial charge in [-0.3, -0.25) is 14.2 Å². The van der Waals surface area contributed by atoms with Gasteiger partial charge in [0.25, 0.3) is 5.56 Å². The molecule has 1 unspecified atom stereocenters. The Morgan fingerprint density at radius 3 is 2.42 bits per heavy atom. The number of halogens is 3. The van der Waals surface area contributed by atoms with Crippen molar-refractivity contribution in [2.75, 3.05) is 5.32 Å². The van der Waals surface area contributed by atoms with Crippen molar-refractivity contribution in [1.82, 2.24) is 9.55 Å². The van der Waals surface area contributed by atoms with Crippen molar-refractivity contribution in [2.24, 2.45) is 7.05 Å². The number of amides is 1. The molecule has 3 aromatic carbocycles. The number of anilines is 1. The summed E-state index contributed by atoms with van der Waals surface area (Å²) < 4.78 is 40.6. The van der Waals surface area contributed by atoms with E-state index < -0.39 is 22.9 Å². The highest BCUT2D eigenvalue weighted by Crippen LogP contribution is 2.36. The summed E-state index contributed by atoms with van der Waals surface area (Å²) in [5.41, 5.74) is 0.0234. The lowest BCUT2D eigenvalue weighted by Crippen LogP contribution is -2.23. The maximum atomic E-state index is 13.2. The summed E-state index contributed by atoms with van der Waals surface area (Å²) >= 11 is 1.05. The van der Waals surface area contributed by atoms with Gasteiger partial charge in [-0.2, -0.15) is 13.2 Å². The van der Waals surface area contributed by atoms with E-state index in [1.165, 1.54) is 16.7 Å². The molecule has 9 heteroatoms. The van der Waals surface area contributed by atoms with E-state index in [-0.39, 0.29) is 11.2 Å². The van der Waals surface area contributed by atoms with Crippen molar-refractivity contribution < 1.29 is 18.0 Å². The zero-order valence-corrected chi connectivity index (χ0v) is 18.2. The van der Waals surface area contributed by atoms with Crippen LogP contribution in [-0.4, -0.2) is 15.5 Å². The number of alkyl halides is 3. The molecule has 0 aliphatic carbocycles. The van der Waals surface area contributed by atoms with Crippen LogP contribution in [0.4, 0.5) is 18.9 Å². The Bertz CT molecular complexity index is 1370. The first-order valence-electron chi connectivity index (χ1n) is 9.89. The van der Waals surface area contributed by atoms with Gasteiger partial charge in [0, 0.05) is 12.7 Å². The van der Waals surface area contributed by atoms with Gasteiger partial charge in [-0.05, 0) is 35.9 Å². The number of hydrogen-bond acceptors (Lipinski definition) is 4. The fourth-order valence-corrected chi connectivity index (χ4v) is 4.35. The zero-order chi connectivity index (χ0) is 23.6. The quantitative estimate of drug-likeness (QED) is 0.313. The standard InChI is InChI=1S/C24H18F3N3O2S/c1-30-22(32)18-12-5-6-13-19(18)29-23(30)33-20(15-8-3-2-4-9-15)21(31)28-17-11-7-10-16(14-17)24(25,26)27/h2-14,20H,1H3,(H,28,31). The number of nitrogens with zero attached hydrogens (tertiary/aromatic N) is 2. The minimum absolute atomic E-state index is 0.0247. The number of aromatic nitrogens is 2. The molecule has 168 valence electrons. The minimum atomic E-state index is -4.53. The number of nitrogens with one attached hydrogen (secondary N) is 1. The molecule has 0 aliphatic heterocycles. The van der Waals surface area contributed by atoms with Crippen molar-refractivity contribution in [3.63, 3.8) is 0 Å². The van der Waals surface area contributed by atoms with Crippen LogP contribution in [0, 0.1) is 0 Å². The molecule has 4 rings (SSSR count). The second kappa shape index (κ2) is 9.11. The van der Waals surface area contributed by atoms with E-state index >= 15 is 0 Å². The first-order valence-corrected chi connectivity index (χ1v) is 10.8. The fourth-order valence-electron chi connectivity index (χ4n) is 3.29. The summed E-state index contributed by atoms with van der Waals surface area (Å²) in [4.78, 5) is 30.5. The molecule has 0 saturated carbocycles. The van der Waals surface area contributed by atoms with E-state index in [9.17, 15) is 22.8 Å². The van der Waals surface area contributed by atoms with E-state index in [0.29, 0.717) is 21.6 Å². The molecule has 0 spiro atoms. The summed E-state index contributed by atoms with van der Waals surface area (Å²) in [5, 5.41) is 2.47. The summed E-state index contributed by atoms with van der Waals surface area (Å²) in [6.45, 7) is 0. The van der Waals surface area contributed by atoms with Gasteiger partial charge in [-0.25, -0.2) is 4.98 Å². The lowest BCUT2D eigenvalue weighted by molar-refractivity contribution is -0.137. The molecular weight excluding hydrogens is 451 g/mol. The third-order valence-electron chi connectivity index (χ3n) is 4.96. The molecule has 1 aromatic heterocycles. The minimum Gasteiger partial charge on any atom is -0.325 e. The molecule has 33 heavy (non-hydrogen) atoms. The van der Waals surface area contributed by atoms with Gasteiger partial charge in [0.1, 0.15) is 5.25 Å². The molecule has 1 atom stereocenters. The number of benzene rings is 3. The van der Waals surface area contributed by atoms with Crippen LogP contribution < -0.4 is 10.9 Å². The summed E-state index contributed by atoms with van der Waals surface area (Å²) in [7, 11) is 1.57. The molecule has 0 radical (unpaired) electrons. The third kappa shape index (κ3) is 4.93. The smallest absolute Gasteiger partial charge is 0.325 e. The Morgan fingerprint density at radius 1 is 1.00 bits per heavy atom. The van der Waals surface area contributed by atoms with Crippen LogP contribution in [0.2, 0.25) is 0 Å². The van der Waals surface area contributed by atoms with Crippen molar-refractivity contribution in [2.45, 2.75) is 16.6 Å². The van der Waals surface area contributed by atoms with Gasteiger partial charge in [0.15, 0.2) is 5.16 Å². The number of carbonyl (C=O) groups is 1. The SMILES string of the molecule is Cn1c(SC(C(=O)Nc2cccc(C(F)(F)F)c2)c2ccccc2)nc2ccccc2c1=O. The maximum Gasteiger partial charge on any atom is 0.416 e. The Labute approximate surface area is 191 Å². The van der Waals surface area contributed by atoms with Crippen LogP contribution in [-0.2, 0) is 18.0 Å². The number of rotatable bonds is 5. The average Bonchev–Trinajstić information content (AvgIpc) is 2.80. The highest BCUT2D eigenvalue weighted by atomic mass is 32.2. The van der Waals surface area contributed by atoms with E-state index in [1.54, 1.807) is 61.6 Å². The predicted octanol–water partition coefficient (Wildman–Crippen LogP) is 5.42. The van der Waals surface area contributed by atoms with Crippen LogP contribution in [0.3, 0.4) is 0 Å². The fraction of sp³-hybridized carbons (Fsp3) is 0.125. The van der Waals surface area contributed by atoms with Gasteiger partial charge in [-0.1, -0.05) is 60.3 Å². The average molecular weight is 469 g/mol. The largest absolute Gasteiger partial charge is 0.416 e. The van der Waals surface area contributed by atoms with Crippen LogP contribution >= 0.6 is 11.8 Å². The normalized spacial score (nSPS) is 12.5. The maximum absolute atomic E-state index is 13.2. The number of para-hydroxylation sites is 1. The molecule has 4 aromatic rings. The van der Waals surface area contributed by atoms with Gasteiger partial charge in [0.2, 0.25) is 5.91 Å². The van der Waals surface area contributed by atoms with E-state index in [1.807, 2.05) is 0 Å². The number of thioether (sulfide) groups is 1. The molecule has 0 fully saturated rings. The monoisotopic (exact) mass is 469 g/mol. The highest BCUT2D eigenvalue weighted by Gasteiger charge is 2.31. The van der Waals surface area contributed by atoms with Gasteiger partial charge in [0.05, 0.1) is 16.5 Å². The van der Waals surface area contributed by atoms with Crippen LogP contribution in [0.25, 0.3) is 10.9 Å². The van der Waals surface area contributed by atoms with Gasteiger partial charge in [-0.15, -0.1) is 0 Å². The topological polar surface area (TPSA) is 64.0 Å². The Hall–Kier alpha value is -3.59. The van der Waals surface area contributed by atoms with Crippen LogP contribution in [0.5, 0.6) is 0 Å². The summed E-state index contributed by atoms with van der Waals surface area (Å²) in [5.74, 6) is -0.534. The van der Waals surface area contributed by atoms with E-state index in [4.69, 9.17) is 0 Å². The first-order chi connectivity index (χ1) is 15.7. The lowest BCUT2D eigenvalue weighted by Gasteiger charge is -2.18. The number of carbonyl (C=O) groups excluding carboxylic acids is 1. The Balaban J connectivity index is 1.70. The lowest BCUT2D eigenvalue weighted by atomic mass is 10.1. The second-order valence-corrected chi connectivity index (χ2v) is 8.32. The van der Waals surface area contributed by atoms with Crippen LogP contribution in [0.15, 0.2) is 88.8 Å². The molecule has 0 saturated heterocycles. The van der Waals surface area contributed by atoms with Gasteiger partial charge >= 0.3 is 6.18 Å². The summed E-state index contributed by atoms with van der Waals surface area (Å²) in [6, 6.07) is 20.1. The van der Waals surface area contributed by atoms with Crippen molar-refractivity contribution in [3.8, 4) is 0 Å². The van der Waals surface area contributed by atoms with Crippen molar-refractivity contribution in [1.29, 1.82) is 0 Å². The summed E-state index contributed by atoms with van der Waals surface area (Å²) in [6.07, 6.45) is -4.53. The van der Waals surface area contributed by atoms with Crippen molar-refractivity contribution >= 4 is 34.3 Å². The molecule has 1 heterocycles. The zero-order valence-electron chi connectivity index (χ0n) is 17.3. The number of hydrogen-bond donors (Lipinski definition) is 1. The molecule has 1 amide bonds. The molecule has 0 aliphatic rings. The van der Waals surface area contributed by atoms with Gasteiger partial charge < -0.3 is 5.32 Å². The first kappa shape index (κ1) is 22.6. The highest BCUT2D eigenvalue weighted by molar-refractivity contribution is 8.00. The molecule has 5 nitrogen and oxygen atoms in total. The predicted molar refractivity (Wildman–Crippen MR) is 122 cm³/mol. The molecular formula is C24H18F3N3O2S. The molecule has 0 bridgehead atoms. The van der Waals surface area contributed by atoms with Crippen LogP contribution in [0.1, 0.15) is 16.4 Å². The Kier molecular flexibility index (Phi) is 6.24. The van der Waals surface area contributed by atoms with Crippen molar-refractivity contribution in [3.05, 3.63) is 100 Å².